The maximum Gasteiger partial charge on any atom is 0.195 e. The molecule has 3 rings (SSSR count). The van der Waals surface area contributed by atoms with Gasteiger partial charge in [0.15, 0.2) is 10.1 Å². The molecule has 20 heavy (non-hydrogen) atoms. The predicted molar refractivity (Wildman–Crippen MR) is 86.6 cm³/mol. The molecule has 0 radical (unpaired) electrons. The summed E-state index contributed by atoms with van der Waals surface area (Å²) in [6, 6.07) is 1.98. The normalized spacial score (nSPS) is 11.4. The number of rotatable bonds is 3. The van der Waals surface area contributed by atoms with Crippen LogP contribution < -0.4 is 0 Å². The summed E-state index contributed by atoms with van der Waals surface area (Å²) < 4.78 is 3.16. The molecule has 0 amide bonds. The van der Waals surface area contributed by atoms with Gasteiger partial charge in [0, 0.05) is 28.2 Å². The number of thioether (sulfide) groups is 1. The number of aryl methyl sites for hydroxylation is 3. The Labute approximate surface area is 133 Å². The lowest BCUT2D eigenvalue weighted by molar-refractivity contribution is 0.901. The third-order valence-electron chi connectivity index (χ3n) is 2.84. The second-order valence-electron chi connectivity index (χ2n) is 4.57. The van der Waals surface area contributed by atoms with Crippen LogP contribution in [0.1, 0.15) is 22.8 Å². The van der Waals surface area contributed by atoms with Crippen LogP contribution in [0.4, 0.5) is 0 Å². The summed E-state index contributed by atoms with van der Waals surface area (Å²) >= 11 is 6.91. The molecule has 0 atom stereocenters. The standard InChI is InChI=1S/C13H13BrN4S2/c1-7-4-8(2)16-12(15-7)19-6-10-11(14)18-9(3)5-20-13(18)17-10/h4-5H,6H2,1-3H3. The Morgan fingerprint density at radius 2 is 1.90 bits per heavy atom. The molecular weight excluding hydrogens is 356 g/mol. The molecule has 0 unspecified atom stereocenters. The second kappa shape index (κ2) is 5.46. The highest BCUT2D eigenvalue weighted by Gasteiger charge is 2.13. The zero-order valence-electron chi connectivity index (χ0n) is 11.3. The topological polar surface area (TPSA) is 43.1 Å². The third-order valence-corrected chi connectivity index (χ3v) is 5.46. The molecular formula is C13H13BrN4S2. The van der Waals surface area contributed by atoms with E-state index in [-0.39, 0.29) is 0 Å². The largest absolute Gasteiger partial charge is 0.282 e. The van der Waals surface area contributed by atoms with E-state index in [1.54, 1.807) is 23.1 Å². The summed E-state index contributed by atoms with van der Waals surface area (Å²) in [5.74, 6) is 0.761. The highest BCUT2D eigenvalue weighted by molar-refractivity contribution is 9.10. The van der Waals surface area contributed by atoms with Crippen LogP contribution in [0, 0.1) is 20.8 Å². The zero-order chi connectivity index (χ0) is 14.3. The number of nitrogens with zero attached hydrogens (tertiary/aromatic N) is 4. The van der Waals surface area contributed by atoms with Gasteiger partial charge in [0.1, 0.15) is 4.60 Å². The van der Waals surface area contributed by atoms with Crippen LogP contribution in [0.15, 0.2) is 21.2 Å². The number of aromatic nitrogens is 4. The zero-order valence-corrected chi connectivity index (χ0v) is 14.6. The molecule has 0 aromatic carbocycles. The molecule has 0 saturated heterocycles. The van der Waals surface area contributed by atoms with Crippen molar-refractivity contribution in [2.45, 2.75) is 31.7 Å². The monoisotopic (exact) mass is 368 g/mol. The molecule has 4 nitrogen and oxygen atoms in total. The Kier molecular flexibility index (Phi) is 3.83. The molecule has 3 aromatic heterocycles. The minimum absolute atomic E-state index is 0.761. The number of thiazole rings is 1. The van der Waals surface area contributed by atoms with Gasteiger partial charge >= 0.3 is 0 Å². The maximum atomic E-state index is 4.65. The molecule has 0 aliphatic heterocycles. The lowest BCUT2D eigenvalue weighted by atomic mass is 10.4. The van der Waals surface area contributed by atoms with Crippen LogP contribution in [0.2, 0.25) is 0 Å². The van der Waals surface area contributed by atoms with E-state index in [1.807, 2.05) is 19.9 Å². The van der Waals surface area contributed by atoms with Gasteiger partial charge in [0.05, 0.1) is 5.69 Å². The van der Waals surface area contributed by atoms with Crippen molar-refractivity contribution in [2.24, 2.45) is 0 Å². The van der Waals surface area contributed by atoms with Gasteiger partial charge in [-0.3, -0.25) is 4.40 Å². The predicted octanol–water partition coefficient (Wildman–Crippen LogP) is 4.17. The third kappa shape index (κ3) is 2.62. The molecule has 3 heterocycles. The second-order valence-corrected chi connectivity index (χ2v) is 7.10. The van der Waals surface area contributed by atoms with Crippen LogP contribution >= 0.6 is 39.0 Å². The summed E-state index contributed by atoms with van der Waals surface area (Å²) in [5, 5.41) is 2.92. The molecule has 0 aliphatic carbocycles. The van der Waals surface area contributed by atoms with Crippen molar-refractivity contribution in [3.63, 3.8) is 0 Å². The van der Waals surface area contributed by atoms with E-state index in [1.165, 1.54) is 5.69 Å². The Balaban J connectivity index is 1.84. The fourth-order valence-corrected chi connectivity index (χ4v) is 4.73. The van der Waals surface area contributed by atoms with Gasteiger partial charge in [-0.2, -0.15) is 0 Å². The highest BCUT2D eigenvalue weighted by atomic mass is 79.9. The smallest absolute Gasteiger partial charge is 0.195 e. The van der Waals surface area contributed by atoms with Crippen LogP contribution in [-0.2, 0) is 5.75 Å². The first kappa shape index (κ1) is 14.0. The molecule has 0 aliphatic rings. The number of halogens is 1. The summed E-state index contributed by atoms with van der Waals surface area (Å²) in [6.07, 6.45) is 0. The van der Waals surface area contributed by atoms with Gasteiger partial charge in [0.2, 0.25) is 0 Å². The van der Waals surface area contributed by atoms with Gasteiger partial charge in [-0.15, -0.1) is 11.3 Å². The van der Waals surface area contributed by atoms with E-state index in [9.17, 15) is 0 Å². The quantitative estimate of drug-likeness (QED) is 0.514. The fourth-order valence-electron chi connectivity index (χ4n) is 1.98. The number of hydrogen-bond acceptors (Lipinski definition) is 5. The molecule has 0 bridgehead atoms. The molecule has 3 aromatic rings. The van der Waals surface area contributed by atoms with E-state index in [0.29, 0.717) is 0 Å². The van der Waals surface area contributed by atoms with Crippen LogP contribution in [-0.4, -0.2) is 19.4 Å². The van der Waals surface area contributed by atoms with Gasteiger partial charge in [-0.25, -0.2) is 15.0 Å². The van der Waals surface area contributed by atoms with Gasteiger partial charge in [0.25, 0.3) is 0 Å². The summed E-state index contributed by atoms with van der Waals surface area (Å²) in [4.78, 5) is 14.6. The lowest BCUT2D eigenvalue weighted by Gasteiger charge is -2.02. The van der Waals surface area contributed by atoms with Crippen molar-refractivity contribution in [1.29, 1.82) is 0 Å². The molecule has 0 spiro atoms. The molecule has 0 saturated carbocycles. The fraction of sp³-hybridized carbons (Fsp3) is 0.308. The minimum atomic E-state index is 0.761. The lowest BCUT2D eigenvalue weighted by Crippen LogP contribution is -1.93. The molecule has 0 fully saturated rings. The van der Waals surface area contributed by atoms with Gasteiger partial charge in [-0.1, -0.05) is 11.8 Å². The Hall–Kier alpha value is -0.920. The number of imidazole rings is 1. The van der Waals surface area contributed by atoms with Crippen LogP contribution in [0.3, 0.4) is 0 Å². The van der Waals surface area contributed by atoms with Crippen molar-refractivity contribution < 1.29 is 0 Å². The van der Waals surface area contributed by atoms with Gasteiger partial charge < -0.3 is 0 Å². The molecule has 0 N–H and O–H groups in total. The minimum Gasteiger partial charge on any atom is -0.282 e. The van der Waals surface area contributed by atoms with Crippen molar-refractivity contribution in [2.75, 3.05) is 0 Å². The van der Waals surface area contributed by atoms with E-state index in [0.717, 1.165) is 37.6 Å². The van der Waals surface area contributed by atoms with E-state index in [2.05, 4.69) is 47.6 Å². The van der Waals surface area contributed by atoms with E-state index in [4.69, 9.17) is 0 Å². The Morgan fingerprint density at radius 1 is 1.20 bits per heavy atom. The first-order valence-corrected chi connectivity index (χ1v) is 8.76. The average molecular weight is 369 g/mol. The summed E-state index contributed by atoms with van der Waals surface area (Å²) in [6.45, 7) is 6.06. The molecule has 7 heteroatoms. The van der Waals surface area contributed by atoms with Crippen molar-refractivity contribution in [1.82, 2.24) is 19.4 Å². The Bertz CT molecular complexity index is 758. The van der Waals surface area contributed by atoms with Crippen molar-refractivity contribution in [3.8, 4) is 0 Å². The summed E-state index contributed by atoms with van der Waals surface area (Å²) in [5.41, 5.74) is 4.23. The van der Waals surface area contributed by atoms with E-state index >= 15 is 0 Å². The SMILES string of the molecule is Cc1cc(C)nc(SCc2nc3scc(C)n3c2Br)n1. The average Bonchev–Trinajstić information content (AvgIpc) is 2.88. The Morgan fingerprint density at radius 3 is 2.55 bits per heavy atom. The highest BCUT2D eigenvalue weighted by Crippen LogP contribution is 2.29. The van der Waals surface area contributed by atoms with Crippen LogP contribution in [0.5, 0.6) is 0 Å². The maximum absolute atomic E-state index is 4.65. The number of hydrogen-bond donors (Lipinski definition) is 0. The van der Waals surface area contributed by atoms with Crippen molar-refractivity contribution in [3.05, 3.63) is 38.8 Å². The summed E-state index contributed by atoms with van der Waals surface area (Å²) in [7, 11) is 0. The van der Waals surface area contributed by atoms with Crippen LogP contribution in [0.25, 0.3) is 4.96 Å². The molecule has 104 valence electrons. The first-order chi connectivity index (χ1) is 9.54. The number of fused-ring (bicyclic) bond motifs is 1. The first-order valence-electron chi connectivity index (χ1n) is 6.10. The van der Waals surface area contributed by atoms with Gasteiger partial charge in [-0.05, 0) is 42.8 Å². The van der Waals surface area contributed by atoms with E-state index < -0.39 is 0 Å². The van der Waals surface area contributed by atoms with Crippen molar-refractivity contribution >= 4 is 44.0 Å².